The van der Waals surface area contributed by atoms with Gasteiger partial charge in [0.25, 0.3) is 0 Å². The van der Waals surface area contributed by atoms with E-state index in [1.807, 2.05) is 24.3 Å². The van der Waals surface area contributed by atoms with E-state index in [4.69, 9.17) is 5.73 Å². The van der Waals surface area contributed by atoms with Gasteiger partial charge in [-0.05, 0) is 0 Å². The molecular weight excluding hydrogens is 244 g/mol. The molecule has 2 aliphatic heterocycles. The fraction of sp³-hybridized carbons (Fsp3) is 0.667. The van der Waals surface area contributed by atoms with Crippen LogP contribution < -0.4 is 11.1 Å². The third-order valence-electron chi connectivity index (χ3n) is 4.04. The highest BCUT2D eigenvalue weighted by atomic mass is 16.2. The first kappa shape index (κ1) is 12.4. The summed E-state index contributed by atoms with van der Waals surface area (Å²) < 4.78 is 1.80. The molecule has 2 unspecified atom stereocenters. The number of fused-ring (bicyclic) bond motifs is 1. The summed E-state index contributed by atoms with van der Waals surface area (Å²) in [6.45, 7) is 3.81. The van der Waals surface area contributed by atoms with Crippen molar-refractivity contribution in [2.45, 2.75) is 12.1 Å². The van der Waals surface area contributed by atoms with Crippen LogP contribution in [-0.2, 0) is 7.05 Å². The Kier molecular flexibility index (Phi) is 3.16. The summed E-state index contributed by atoms with van der Waals surface area (Å²) in [6, 6.07) is 0.522. The van der Waals surface area contributed by atoms with E-state index in [9.17, 15) is 4.79 Å². The summed E-state index contributed by atoms with van der Waals surface area (Å²) in [6.07, 6.45) is 3.89. The van der Waals surface area contributed by atoms with Gasteiger partial charge in [-0.2, -0.15) is 5.10 Å². The van der Waals surface area contributed by atoms with Crippen molar-refractivity contribution in [2.24, 2.45) is 12.8 Å². The van der Waals surface area contributed by atoms with Crippen LogP contribution in [0.2, 0.25) is 0 Å². The minimum atomic E-state index is 0.0651. The number of nitrogens with zero attached hydrogens (tertiary/aromatic N) is 4. The summed E-state index contributed by atoms with van der Waals surface area (Å²) in [5.74, 6) is 0. The van der Waals surface area contributed by atoms with Crippen molar-refractivity contribution in [1.82, 2.24) is 24.9 Å². The molecule has 0 aliphatic carbocycles. The Labute approximate surface area is 112 Å². The van der Waals surface area contributed by atoms with Gasteiger partial charge in [0.2, 0.25) is 0 Å². The van der Waals surface area contributed by atoms with Gasteiger partial charge < -0.3 is 16.0 Å². The number of nitrogens with two attached hydrogens (primary N) is 1. The molecule has 0 saturated carbocycles. The van der Waals surface area contributed by atoms with Crippen LogP contribution in [0.15, 0.2) is 12.4 Å². The van der Waals surface area contributed by atoms with Crippen molar-refractivity contribution in [3.8, 4) is 0 Å². The van der Waals surface area contributed by atoms with E-state index in [1.54, 1.807) is 4.68 Å². The highest BCUT2D eigenvalue weighted by molar-refractivity contribution is 5.77. The fourth-order valence-corrected chi connectivity index (χ4v) is 3.02. The van der Waals surface area contributed by atoms with Gasteiger partial charge >= 0.3 is 6.03 Å². The SMILES string of the molecule is Cn1cc(C(CN)N2CCN3C(=O)NCC3C2)cn1. The average molecular weight is 264 g/mol. The van der Waals surface area contributed by atoms with Crippen molar-refractivity contribution in [1.29, 1.82) is 0 Å². The van der Waals surface area contributed by atoms with Gasteiger partial charge in [-0.25, -0.2) is 4.79 Å². The molecule has 3 N–H and O–H groups in total. The van der Waals surface area contributed by atoms with E-state index in [0.29, 0.717) is 6.54 Å². The lowest BCUT2D eigenvalue weighted by molar-refractivity contribution is 0.0904. The molecule has 104 valence electrons. The number of hydrogen-bond donors (Lipinski definition) is 2. The fourth-order valence-electron chi connectivity index (χ4n) is 3.02. The van der Waals surface area contributed by atoms with Crippen LogP contribution in [0.4, 0.5) is 4.79 Å². The highest BCUT2D eigenvalue weighted by Crippen LogP contribution is 2.24. The smallest absolute Gasteiger partial charge is 0.317 e. The minimum Gasteiger partial charge on any atom is -0.336 e. The Morgan fingerprint density at radius 3 is 3.11 bits per heavy atom. The minimum absolute atomic E-state index is 0.0651. The molecule has 2 aliphatic rings. The first-order chi connectivity index (χ1) is 9.19. The first-order valence-corrected chi connectivity index (χ1v) is 6.66. The maximum Gasteiger partial charge on any atom is 0.317 e. The molecule has 0 spiro atoms. The number of rotatable bonds is 3. The molecule has 2 amide bonds. The zero-order chi connectivity index (χ0) is 13.4. The number of piperazine rings is 1. The Hall–Kier alpha value is -1.60. The van der Waals surface area contributed by atoms with Gasteiger partial charge in [0, 0.05) is 51.5 Å². The number of aromatic nitrogens is 2. The molecule has 7 heteroatoms. The number of hydrogen-bond acceptors (Lipinski definition) is 4. The molecular formula is C12H20N6O. The monoisotopic (exact) mass is 264 g/mol. The summed E-state index contributed by atoms with van der Waals surface area (Å²) in [4.78, 5) is 15.9. The molecule has 7 nitrogen and oxygen atoms in total. The Morgan fingerprint density at radius 1 is 1.58 bits per heavy atom. The summed E-state index contributed by atoms with van der Waals surface area (Å²) in [5.41, 5.74) is 7.08. The normalized spacial score (nSPS) is 25.3. The summed E-state index contributed by atoms with van der Waals surface area (Å²) in [7, 11) is 1.91. The van der Waals surface area contributed by atoms with Gasteiger partial charge in [-0.3, -0.25) is 9.58 Å². The second kappa shape index (κ2) is 4.82. The van der Waals surface area contributed by atoms with Gasteiger partial charge in [-0.1, -0.05) is 0 Å². The van der Waals surface area contributed by atoms with Crippen molar-refractivity contribution in [2.75, 3.05) is 32.7 Å². The predicted octanol–water partition coefficient (Wildman–Crippen LogP) is -0.871. The van der Waals surface area contributed by atoms with Gasteiger partial charge in [-0.15, -0.1) is 0 Å². The van der Waals surface area contributed by atoms with Crippen LogP contribution in [0.5, 0.6) is 0 Å². The van der Waals surface area contributed by atoms with Crippen molar-refractivity contribution in [3.05, 3.63) is 18.0 Å². The molecule has 2 fully saturated rings. The molecule has 1 aromatic heterocycles. The highest BCUT2D eigenvalue weighted by Gasteiger charge is 2.37. The Balaban J connectivity index is 1.73. The third kappa shape index (κ3) is 2.19. The molecule has 0 bridgehead atoms. The molecule has 19 heavy (non-hydrogen) atoms. The average Bonchev–Trinajstić information content (AvgIpc) is 2.98. The van der Waals surface area contributed by atoms with E-state index >= 15 is 0 Å². The van der Waals surface area contributed by atoms with E-state index < -0.39 is 0 Å². The van der Waals surface area contributed by atoms with Crippen molar-refractivity contribution in [3.63, 3.8) is 0 Å². The summed E-state index contributed by atoms with van der Waals surface area (Å²) in [5, 5.41) is 7.11. The quantitative estimate of drug-likeness (QED) is 0.744. The zero-order valence-corrected chi connectivity index (χ0v) is 11.1. The lowest BCUT2D eigenvalue weighted by Gasteiger charge is -2.40. The molecule has 3 rings (SSSR count). The molecule has 2 saturated heterocycles. The van der Waals surface area contributed by atoms with E-state index in [-0.39, 0.29) is 18.1 Å². The van der Waals surface area contributed by atoms with Gasteiger partial charge in [0.15, 0.2) is 0 Å². The standard InChI is InChI=1S/C12H20N6O/c1-16-7-9(5-15-16)11(4-13)17-2-3-18-10(8-17)6-14-12(18)19/h5,7,10-11H,2-4,6,8,13H2,1H3,(H,14,19). The van der Waals surface area contributed by atoms with E-state index in [2.05, 4.69) is 15.3 Å². The van der Waals surface area contributed by atoms with Crippen LogP contribution in [0.3, 0.4) is 0 Å². The molecule has 0 aromatic carbocycles. The number of urea groups is 1. The lowest BCUT2D eigenvalue weighted by atomic mass is 10.1. The predicted molar refractivity (Wildman–Crippen MR) is 70.5 cm³/mol. The van der Waals surface area contributed by atoms with Crippen LogP contribution in [0.25, 0.3) is 0 Å². The number of carbonyl (C=O) groups is 1. The lowest BCUT2D eigenvalue weighted by Crippen LogP contribution is -2.53. The number of nitrogens with one attached hydrogen (secondary N) is 1. The number of carbonyl (C=O) groups excluding carboxylic acids is 1. The third-order valence-corrected chi connectivity index (χ3v) is 4.04. The molecule has 1 aromatic rings. The number of aryl methyl sites for hydroxylation is 1. The first-order valence-electron chi connectivity index (χ1n) is 6.66. The van der Waals surface area contributed by atoms with Crippen LogP contribution in [-0.4, -0.2) is 64.4 Å². The Bertz CT molecular complexity index is 473. The maximum absolute atomic E-state index is 11.6. The molecule has 3 heterocycles. The molecule has 2 atom stereocenters. The molecule has 0 radical (unpaired) electrons. The van der Waals surface area contributed by atoms with Gasteiger partial charge in [0.05, 0.1) is 18.3 Å². The maximum atomic E-state index is 11.6. The van der Waals surface area contributed by atoms with Crippen LogP contribution in [0.1, 0.15) is 11.6 Å². The van der Waals surface area contributed by atoms with E-state index in [0.717, 1.165) is 31.7 Å². The zero-order valence-electron chi connectivity index (χ0n) is 11.1. The van der Waals surface area contributed by atoms with E-state index in [1.165, 1.54) is 0 Å². The largest absolute Gasteiger partial charge is 0.336 e. The van der Waals surface area contributed by atoms with Gasteiger partial charge in [0.1, 0.15) is 0 Å². The van der Waals surface area contributed by atoms with Crippen LogP contribution >= 0.6 is 0 Å². The van der Waals surface area contributed by atoms with Crippen LogP contribution in [0, 0.1) is 0 Å². The topological polar surface area (TPSA) is 79.4 Å². The van der Waals surface area contributed by atoms with Crippen molar-refractivity contribution >= 4 is 6.03 Å². The second-order valence-electron chi connectivity index (χ2n) is 5.23. The Morgan fingerprint density at radius 2 is 2.42 bits per heavy atom. The van der Waals surface area contributed by atoms with Crippen molar-refractivity contribution < 1.29 is 4.79 Å². The summed E-state index contributed by atoms with van der Waals surface area (Å²) >= 11 is 0. The second-order valence-corrected chi connectivity index (χ2v) is 5.23. The number of amides is 2.